The molecule has 0 fully saturated rings. The Bertz CT molecular complexity index is 1050. The highest BCUT2D eigenvalue weighted by atomic mass is 16.5. The van der Waals surface area contributed by atoms with Gasteiger partial charge < -0.3 is 24.6 Å². The molecule has 1 heterocycles. The summed E-state index contributed by atoms with van der Waals surface area (Å²) < 4.78 is 11.5. The summed E-state index contributed by atoms with van der Waals surface area (Å²) in [6.07, 6.45) is 1.56. The molecule has 3 aromatic rings. The second-order valence-corrected chi connectivity index (χ2v) is 8.73. The minimum Gasteiger partial charge on any atom is -0.491 e. The van der Waals surface area contributed by atoms with Crippen molar-refractivity contribution < 1.29 is 24.5 Å². The van der Waals surface area contributed by atoms with Crippen molar-refractivity contribution in [2.45, 2.75) is 52.2 Å². The zero-order valence-corrected chi connectivity index (χ0v) is 21.4. The lowest BCUT2D eigenvalue weighted by Crippen LogP contribution is -2.34. The zero-order chi connectivity index (χ0) is 25.9. The first-order valence-electron chi connectivity index (χ1n) is 12.6. The largest absolute Gasteiger partial charge is 0.491 e. The van der Waals surface area contributed by atoms with Gasteiger partial charge in [-0.3, -0.25) is 0 Å². The van der Waals surface area contributed by atoms with Crippen LogP contribution in [0.15, 0.2) is 72.8 Å². The number of para-hydroxylation sites is 2. The van der Waals surface area contributed by atoms with Crippen molar-refractivity contribution in [3.63, 3.8) is 0 Å². The van der Waals surface area contributed by atoms with Crippen LogP contribution in [-0.4, -0.2) is 48.1 Å². The maximum Gasteiger partial charge on any atom is 0.333 e. The molecule has 6 nitrogen and oxygen atoms in total. The summed E-state index contributed by atoms with van der Waals surface area (Å²) in [5.41, 5.74) is 6.10. The second kappa shape index (κ2) is 13.7. The van der Waals surface area contributed by atoms with Gasteiger partial charge in [-0.2, -0.15) is 0 Å². The van der Waals surface area contributed by atoms with E-state index < -0.39 is 12.1 Å². The molecule has 0 saturated heterocycles. The molecule has 1 aliphatic heterocycles. The van der Waals surface area contributed by atoms with Gasteiger partial charge in [0.1, 0.15) is 12.4 Å². The molecule has 0 radical (unpaired) electrons. The van der Waals surface area contributed by atoms with Crippen molar-refractivity contribution in [3.05, 3.63) is 89.5 Å². The van der Waals surface area contributed by atoms with Crippen LogP contribution in [0.2, 0.25) is 0 Å². The van der Waals surface area contributed by atoms with Gasteiger partial charge in [-0.15, -0.1) is 0 Å². The lowest BCUT2D eigenvalue weighted by molar-refractivity contribution is -0.149. The number of aryl methyl sites for hydroxylation is 2. The van der Waals surface area contributed by atoms with Crippen molar-refractivity contribution in [1.29, 1.82) is 0 Å². The predicted molar refractivity (Wildman–Crippen MR) is 143 cm³/mol. The van der Waals surface area contributed by atoms with Crippen LogP contribution < -0.4 is 9.64 Å². The Hall–Kier alpha value is -3.35. The molecule has 1 aliphatic rings. The average Bonchev–Trinajstić information content (AvgIpc) is 3.05. The number of rotatable bonds is 9. The number of hydrogen-bond donors (Lipinski definition) is 2. The fraction of sp³-hybridized carbons (Fsp3) is 0.367. The van der Waals surface area contributed by atoms with Gasteiger partial charge in [-0.25, -0.2) is 4.79 Å². The number of carboxylic acids is 1. The maximum atomic E-state index is 11.3. The summed E-state index contributed by atoms with van der Waals surface area (Å²) in [6.45, 7) is 6.82. The van der Waals surface area contributed by atoms with E-state index in [-0.39, 0.29) is 12.6 Å². The summed E-state index contributed by atoms with van der Waals surface area (Å²) in [4.78, 5) is 13.7. The van der Waals surface area contributed by atoms with E-state index in [1.54, 1.807) is 13.8 Å². The SMILES string of the molecule is CCO.CCOC(Cc1ccc(OCC(C)N2c3ccccc3CCc3ccccc32)cc1)C(=O)O. The molecule has 2 unspecified atom stereocenters. The van der Waals surface area contributed by atoms with Gasteiger partial charge in [0.15, 0.2) is 6.10 Å². The molecule has 0 aliphatic carbocycles. The maximum absolute atomic E-state index is 11.3. The van der Waals surface area contributed by atoms with Crippen LogP contribution in [0.5, 0.6) is 5.75 Å². The molecule has 0 spiro atoms. The van der Waals surface area contributed by atoms with Gasteiger partial charge in [0, 0.05) is 31.0 Å². The van der Waals surface area contributed by atoms with Crippen molar-refractivity contribution in [3.8, 4) is 5.75 Å². The number of anilines is 2. The molecule has 0 aromatic heterocycles. The third-order valence-electron chi connectivity index (χ3n) is 6.09. The Morgan fingerprint density at radius 3 is 1.94 bits per heavy atom. The standard InChI is InChI=1S/C28H31NO4.C2H6O/c1-3-32-27(28(30)31)18-21-12-16-24(17-13-21)33-19-20(2)29-25-10-6-4-8-22(25)14-15-23-9-5-7-11-26(23)29;1-2-3/h4-13,16-17,20,27H,3,14-15,18-19H2,1-2H3,(H,30,31);3H,2H2,1H3. The van der Waals surface area contributed by atoms with Crippen LogP contribution in [0.25, 0.3) is 0 Å². The summed E-state index contributed by atoms with van der Waals surface area (Å²) in [7, 11) is 0. The lowest BCUT2D eigenvalue weighted by Gasteiger charge is -2.33. The predicted octanol–water partition coefficient (Wildman–Crippen LogP) is 5.42. The molecule has 2 atom stereocenters. The Labute approximate surface area is 214 Å². The molecule has 192 valence electrons. The fourth-order valence-electron chi connectivity index (χ4n) is 4.43. The second-order valence-electron chi connectivity index (χ2n) is 8.73. The zero-order valence-electron chi connectivity index (χ0n) is 21.4. The smallest absolute Gasteiger partial charge is 0.333 e. The van der Waals surface area contributed by atoms with Crippen molar-refractivity contribution in [2.24, 2.45) is 0 Å². The summed E-state index contributed by atoms with van der Waals surface area (Å²) >= 11 is 0. The first-order chi connectivity index (χ1) is 17.5. The van der Waals surface area contributed by atoms with Crippen molar-refractivity contribution >= 4 is 17.3 Å². The Morgan fingerprint density at radius 2 is 1.44 bits per heavy atom. The first-order valence-corrected chi connectivity index (χ1v) is 12.6. The summed E-state index contributed by atoms with van der Waals surface area (Å²) in [5.74, 6) is -0.172. The first kappa shape index (κ1) is 27.2. The number of carboxylic acid groups (broad SMARTS) is 1. The Morgan fingerprint density at radius 1 is 0.917 bits per heavy atom. The normalized spacial score (nSPS) is 13.8. The van der Waals surface area contributed by atoms with E-state index in [0.717, 1.165) is 24.2 Å². The Kier molecular flexibility index (Phi) is 10.3. The van der Waals surface area contributed by atoms with E-state index in [0.29, 0.717) is 19.6 Å². The van der Waals surface area contributed by atoms with Gasteiger partial charge in [0.05, 0.1) is 6.04 Å². The minimum atomic E-state index is -0.941. The fourth-order valence-corrected chi connectivity index (χ4v) is 4.43. The van der Waals surface area contributed by atoms with Gasteiger partial charge in [-0.1, -0.05) is 48.5 Å². The summed E-state index contributed by atoms with van der Waals surface area (Å²) in [5, 5.41) is 16.9. The van der Waals surface area contributed by atoms with Crippen molar-refractivity contribution in [1.82, 2.24) is 0 Å². The van der Waals surface area contributed by atoms with E-state index in [9.17, 15) is 9.90 Å². The highest BCUT2D eigenvalue weighted by molar-refractivity contribution is 5.73. The van der Waals surface area contributed by atoms with Crippen LogP contribution >= 0.6 is 0 Å². The molecule has 0 amide bonds. The number of ether oxygens (including phenoxy) is 2. The molecule has 6 heteroatoms. The van der Waals surface area contributed by atoms with E-state index in [1.807, 2.05) is 24.3 Å². The number of nitrogens with zero attached hydrogens (tertiary/aromatic N) is 1. The summed E-state index contributed by atoms with van der Waals surface area (Å²) in [6, 6.07) is 25.0. The van der Waals surface area contributed by atoms with Gasteiger partial charge in [-0.05, 0) is 74.6 Å². The molecular weight excluding hydrogens is 454 g/mol. The van der Waals surface area contributed by atoms with E-state index in [2.05, 4.69) is 60.4 Å². The molecule has 0 bridgehead atoms. The van der Waals surface area contributed by atoms with E-state index >= 15 is 0 Å². The minimum absolute atomic E-state index is 0.124. The van der Waals surface area contributed by atoms with Crippen LogP contribution in [-0.2, 0) is 28.8 Å². The van der Waals surface area contributed by atoms with E-state index in [4.69, 9.17) is 14.6 Å². The van der Waals surface area contributed by atoms with Gasteiger partial charge in [0.2, 0.25) is 0 Å². The molecule has 2 N–H and O–H groups in total. The van der Waals surface area contributed by atoms with E-state index in [1.165, 1.54) is 22.5 Å². The van der Waals surface area contributed by atoms with Crippen LogP contribution in [0, 0.1) is 0 Å². The number of benzene rings is 3. The third-order valence-corrected chi connectivity index (χ3v) is 6.09. The van der Waals surface area contributed by atoms with Crippen LogP contribution in [0.4, 0.5) is 11.4 Å². The number of aliphatic hydroxyl groups excluding tert-OH is 1. The average molecular weight is 492 g/mol. The van der Waals surface area contributed by atoms with Crippen LogP contribution in [0.3, 0.4) is 0 Å². The monoisotopic (exact) mass is 491 g/mol. The molecular formula is C30H37NO5. The Balaban J connectivity index is 0.00000115. The number of aliphatic hydroxyl groups is 1. The topological polar surface area (TPSA) is 79.2 Å². The lowest BCUT2D eigenvalue weighted by atomic mass is 10.0. The van der Waals surface area contributed by atoms with Gasteiger partial charge in [0.25, 0.3) is 0 Å². The third kappa shape index (κ3) is 7.09. The quantitative estimate of drug-likeness (QED) is 0.416. The number of aliphatic carboxylic acids is 1. The molecule has 3 aromatic carbocycles. The number of carbonyl (C=O) groups is 1. The highest BCUT2D eigenvalue weighted by Gasteiger charge is 2.25. The number of fused-ring (bicyclic) bond motifs is 2. The van der Waals surface area contributed by atoms with Crippen molar-refractivity contribution in [2.75, 3.05) is 24.7 Å². The van der Waals surface area contributed by atoms with Crippen LogP contribution in [0.1, 0.15) is 37.5 Å². The highest BCUT2D eigenvalue weighted by Crippen LogP contribution is 2.37. The molecule has 4 rings (SSSR count). The van der Waals surface area contributed by atoms with Gasteiger partial charge >= 0.3 is 5.97 Å². The number of hydrogen-bond acceptors (Lipinski definition) is 5. The molecule has 0 saturated carbocycles. The molecule has 36 heavy (non-hydrogen) atoms.